The molecule has 56 heavy (non-hydrogen) atoms. The maximum Gasteiger partial charge on any atom is 0.143 e. The molecule has 0 atom stereocenters. The van der Waals surface area contributed by atoms with Crippen LogP contribution in [0.3, 0.4) is 0 Å². The van der Waals surface area contributed by atoms with Crippen molar-refractivity contribution < 1.29 is 8.83 Å². The Bertz CT molecular complexity index is 3500. The molecule has 3 heterocycles. The van der Waals surface area contributed by atoms with E-state index in [1.165, 1.54) is 36.7 Å². The van der Waals surface area contributed by atoms with Gasteiger partial charge in [0.2, 0.25) is 0 Å². The molecule has 0 radical (unpaired) electrons. The third-order valence-electron chi connectivity index (χ3n) is 11.3. The zero-order valence-corrected chi connectivity index (χ0v) is 30.9. The monoisotopic (exact) mass is 733 g/mol. The average Bonchev–Trinajstić information content (AvgIpc) is 3.95. The summed E-state index contributed by atoms with van der Waals surface area (Å²) in [7, 11) is 0. The number of anilines is 3. The average molecular weight is 734 g/mol. The number of nitrogens with zero attached hydrogens (tertiary/aromatic N) is 1. The SMILES string of the molecule is c1ccc(N(c2ccc(-c3cccc4c3sc3ccccc34)cc2)c2ccc3c(c2)oc2ccccc23)c(-c2ccc3oc4c5ccccc5ccc4c3c2)c1. The lowest BCUT2D eigenvalue weighted by molar-refractivity contribution is 0.669. The van der Waals surface area contributed by atoms with Crippen molar-refractivity contribution in [1.29, 1.82) is 0 Å². The lowest BCUT2D eigenvalue weighted by Crippen LogP contribution is -2.11. The summed E-state index contributed by atoms with van der Waals surface area (Å²) in [6.45, 7) is 0. The highest BCUT2D eigenvalue weighted by Crippen LogP contribution is 2.46. The van der Waals surface area contributed by atoms with Crippen LogP contribution in [0.4, 0.5) is 17.1 Å². The number of para-hydroxylation sites is 2. The summed E-state index contributed by atoms with van der Waals surface area (Å²) in [6, 6.07) is 67.3. The summed E-state index contributed by atoms with van der Waals surface area (Å²) in [5.74, 6) is 0. The van der Waals surface area contributed by atoms with Crippen molar-refractivity contribution in [2.24, 2.45) is 0 Å². The second-order valence-corrected chi connectivity index (χ2v) is 15.5. The van der Waals surface area contributed by atoms with Gasteiger partial charge in [-0.1, -0.05) is 121 Å². The second-order valence-electron chi connectivity index (χ2n) is 14.4. The van der Waals surface area contributed by atoms with Crippen LogP contribution in [0.15, 0.2) is 197 Å². The minimum absolute atomic E-state index is 0.859. The molecule has 12 rings (SSSR count). The first-order valence-corrected chi connectivity index (χ1v) is 19.7. The smallest absolute Gasteiger partial charge is 0.143 e. The van der Waals surface area contributed by atoms with Gasteiger partial charge in [-0.05, 0) is 82.7 Å². The predicted molar refractivity (Wildman–Crippen MR) is 237 cm³/mol. The molecule has 0 spiro atoms. The fourth-order valence-electron chi connectivity index (χ4n) is 8.63. The van der Waals surface area contributed by atoms with E-state index in [0.29, 0.717) is 0 Å². The molecule has 9 aromatic carbocycles. The van der Waals surface area contributed by atoms with E-state index in [9.17, 15) is 0 Å². The van der Waals surface area contributed by atoms with Crippen LogP contribution in [-0.4, -0.2) is 0 Å². The molecule has 0 aliphatic rings. The quantitative estimate of drug-likeness (QED) is 0.176. The topological polar surface area (TPSA) is 29.5 Å². The number of hydrogen-bond donors (Lipinski definition) is 0. The van der Waals surface area contributed by atoms with Crippen LogP contribution in [0.5, 0.6) is 0 Å². The fraction of sp³-hybridized carbons (Fsp3) is 0. The number of hydrogen-bond acceptors (Lipinski definition) is 4. The Balaban J connectivity index is 1.04. The van der Waals surface area contributed by atoms with Gasteiger partial charge in [0.05, 0.1) is 5.69 Å². The number of thiophene rings is 1. The third-order valence-corrected chi connectivity index (χ3v) is 12.5. The van der Waals surface area contributed by atoms with Crippen molar-refractivity contribution in [2.45, 2.75) is 0 Å². The number of furan rings is 2. The van der Waals surface area contributed by atoms with E-state index in [0.717, 1.165) is 77.5 Å². The van der Waals surface area contributed by atoms with Crippen LogP contribution in [0.1, 0.15) is 0 Å². The molecule has 3 aromatic heterocycles. The summed E-state index contributed by atoms with van der Waals surface area (Å²) < 4.78 is 15.6. The first-order valence-electron chi connectivity index (χ1n) is 18.9. The molecule has 262 valence electrons. The maximum atomic E-state index is 6.51. The van der Waals surface area contributed by atoms with E-state index in [1.807, 2.05) is 23.5 Å². The first kappa shape index (κ1) is 31.2. The molecular formula is C52H31NO2S. The second kappa shape index (κ2) is 12.2. The van der Waals surface area contributed by atoms with Gasteiger partial charge in [0.15, 0.2) is 0 Å². The van der Waals surface area contributed by atoms with Crippen molar-refractivity contribution in [1.82, 2.24) is 0 Å². The lowest BCUT2D eigenvalue weighted by atomic mass is 9.98. The summed E-state index contributed by atoms with van der Waals surface area (Å²) in [6.07, 6.45) is 0. The summed E-state index contributed by atoms with van der Waals surface area (Å²) in [5, 5.41) is 9.36. The molecule has 0 unspecified atom stereocenters. The van der Waals surface area contributed by atoms with E-state index >= 15 is 0 Å². The zero-order chi connectivity index (χ0) is 36.7. The molecule has 0 aliphatic heterocycles. The van der Waals surface area contributed by atoms with Crippen LogP contribution in [-0.2, 0) is 0 Å². The van der Waals surface area contributed by atoms with E-state index in [4.69, 9.17) is 8.83 Å². The van der Waals surface area contributed by atoms with Gasteiger partial charge in [0.25, 0.3) is 0 Å². The largest absolute Gasteiger partial charge is 0.456 e. The molecule has 0 saturated carbocycles. The number of rotatable bonds is 5. The fourth-order valence-corrected chi connectivity index (χ4v) is 9.87. The first-order chi connectivity index (χ1) is 27.7. The number of benzene rings is 9. The molecule has 0 bridgehead atoms. The summed E-state index contributed by atoms with van der Waals surface area (Å²) in [5.41, 5.74) is 11.4. The van der Waals surface area contributed by atoms with Crippen LogP contribution >= 0.6 is 11.3 Å². The Hall–Kier alpha value is -7.14. The van der Waals surface area contributed by atoms with Gasteiger partial charge in [-0.15, -0.1) is 11.3 Å². The zero-order valence-electron chi connectivity index (χ0n) is 30.1. The molecule has 0 saturated heterocycles. The maximum absolute atomic E-state index is 6.51. The number of fused-ring (bicyclic) bond motifs is 11. The summed E-state index contributed by atoms with van der Waals surface area (Å²) >= 11 is 1.86. The third kappa shape index (κ3) is 4.76. The van der Waals surface area contributed by atoms with Gasteiger partial charge >= 0.3 is 0 Å². The Morgan fingerprint density at radius 3 is 1.98 bits per heavy atom. The Morgan fingerprint density at radius 2 is 1.05 bits per heavy atom. The molecular weight excluding hydrogens is 703 g/mol. The van der Waals surface area contributed by atoms with Gasteiger partial charge in [-0.2, -0.15) is 0 Å². The molecule has 0 N–H and O–H groups in total. The molecule has 0 amide bonds. The van der Waals surface area contributed by atoms with Gasteiger partial charge < -0.3 is 13.7 Å². The van der Waals surface area contributed by atoms with E-state index in [1.54, 1.807) is 0 Å². The van der Waals surface area contributed by atoms with Crippen molar-refractivity contribution in [3.05, 3.63) is 188 Å². The highest BCUT2D eigenvalue weighted by atomic mass is 32.1. The van der Waals surface area contributed by atoms with Crippen molar-refractivity contribution >= 4 is 103 Å². The van der Waals surface area contributed by atoms with Gasteiger partial charge in [0, 0.05) is 70.1 Å². The van der Waals surface area contributed by atoms with Gasteiger partial charge in [0.1, 0.15) is 22.3 Å². The van der Waals surface area contributed by atoms with Gasteiger partial charge in [-0.3, -0.25) is 0 Å². The molecule has 0 fully saturated rings. The van der Waals surface area contributed by atoms with Crippen LogP contribution in [0.25, 0.3) is 97.1 Å². The van der Waals surface area contributed by atoms with Crippen molar-refractivity contribution in [2.75, 3.05) is 4.90 Å². The molecule has 12 aromatic rings. The van der Waals surface area contributed by atoms with Crippen LogP contribution < -0.4 is 4.90 Å². The predicted octanol–water partition coefficient (Wildman–Crippen LogP) is 15.8. The van der Waals surface area contributed by atoms with Crippen LogP contribution in [0, 0.1) is 0 Å². The van der Waals surface area contributed by atoms with Crippen LogP contribution in [0.2, 0.25) is 0 Å². The highest BCUT2D eigenvalue weighted by molar-refractivity contribution is 7.26. The molecule has 0 aliphatic carbocycles. The lowest BCUT2D eigenvalue weighted by Gasteiger charge is -2.28. The van der Waals surface area contributed by atoms with Gasteiger partial charge in [-0.25, -0.2) is 0 Å². The normalized spacial score (nSPS) is 11.9. The Kier molecular flexibility index (Phi) is 6.80. The van der Waals surface area contributed by atoms with Crippen molar-refractivity contribution in [3.8, 4) is 22.3 Å². The highest BCUT2D eigenvalue weighted by Gasteiger charge is 2.21. The van der Waals surface area contributed by atoms with Crippen molar-refractivity contribution in [3.63, 3.8) is 0 Å². The Morgan fingerprint density at radius 1 is 0.375 bits per heavy atom. The Labute approximate surface area is 325 Å². The van der Waals surface area contributed by atoms with E-state index in [2.05, 4.69) is 181 Å². The molecule has 3 nitrogen and oxygen atoms in total. The minimum atomic E-state index is 0.859. The minimum Gasteiger partial charge on any atom is -0.456 e. The molecule has 4 heteroatoms. The summed E-state index contributed by atoms with van der Waals surface area (Å²) in [4.78, 5) is 2.36. The standard InChI is InChI=1S/C52H31NO2S/c1-2-12-38-32(10-1)22-27-43-45-30-34(23-29-48(45)55-51(38)43)37-11-3-6-17-46(37)53(36-26-28-41-40-13-4-7-18-47(40)54-49(41)31-36)35-24-20-33(21-25-35)39-15-9-16-44-42-14-5-8-19-50(42)56-52(39)44/h1-31H. The van der Waals surface area contributed by atoms with E-state index < -0.39 is 0 Å². The van der Waals surface area contributed by atoms with E-state index in [-0.39, 0.29) is 0 Å².